The topological polar surface area (TPSA) is 236 Å². The molecule has 30 heteroatoms. The molecule has 21 nitrogen and oxygen atoms in total. The van der Waals surface area contributed by atoms with Crippen molar-refractivity contribution in [2.75, 3.05) is 121 Å². The molecule has 0 saturated carbocycles. The van der Waals surface area contributed by atoms with Crippen LogP contribution in [0.5, 0.6) is 0 Å². The van der Waals surface area contributed by atoms with Crippen molar-refractivity contribution < 1.29 is 43.2 Å². The molecule has 0 fully saturated rings. The van der Waals surface area contributed by atoms with Crippen molar-refractivity contribution in [3.63, 3.8) is 0 Å². The number of carbonyl (C=O) groups excluding carboxylic acids is 9. The molecule has 0 radical (unpaired) electrons. The van der Waals surface area contributed by atoms with E-state index in [0.717, 1.165) is 0 Å². The molecule has 100 heavy (non-hydrogen) atoms. The number of halogens is 9. The largest absolute Gasteiger partial charge is 0.338 e. The summed E-state index contributed by atoms with van der Waals surface area (Å²) >= 11 is 18.4. The Kier molecular flexibility index (Phi) is 46.4. The molecule has 0 aliphatic rings. The van der Waals surface area contributed by atoms with Gasteiger partial charge >= 0.3 is 18.1 Å². The average molecular weight is 2380 g/mol. The first-order valence-corrected chi connectivity index (χ1v) is 40.0. The Morgan fingerprint density at radius 2 is 0.460 bits per heavy atom. The molecule has 0 atom stereocenters. The molecule has 0 bridgehead atoms. The zero-order chi connectivity index (χ0) is 76.3. The number of carbonyl (C=O) groups is 9. The fraction of sp³-hybridized carbons (Fsp3) is 0.271. The molecule has 0 spiro atoms. The highest BCUT2D eigenvalue weighted by Gasteiger charge is 2.36. The van der Waals surface area contributed by atoms with E-state index >= 15 is 0 Å². The van der Waals surface area contributed by atoms with Crippen LogP contribution in [0.25, 0.3) is 0 Å². The van der Waals surface area contributed by atoms with E-state index in [1.807, 2.05) is 142 Å². The molecule has 0 aliphatic heterocycles. The second kappa shape index (κ2) is 49.5. The SMILES string of the molecule is C=CCN(CC=C)C(=O)c1c(I)c(C(=O)N(CC=C)CC=C)c(I)c(N(C)C(=O)NCC)c1I.C=CCN(CC=C)C(=O)c1c(I)c(NC(=O)NCC)c(I)c(C(=O)N(CC=C)CC=C)c1I.C=CCN(CC=C)C(=O)c1c(I)c(NC(=O)NCC)c(I)c(C(=O)N(CC=C)CC=C)c1I. The van der Waals surface area contributed by atoms with Gasteiger partial charge in [-0.3, -0.25) is 33.7 Å². The van der Waals surface area contributed by atoms with Gasteiger partial charge in [0, 0.05) is 116 Å². The Bertz CT molecular complexity index is 3250. The summed E-state index contributed by atoms with van der Waals surface area (Å²) in [5, 5.41) is 13.8. The van der Waals surface area contributed by atoms with Gasteiger partial charge in [-0.15, -0.1) is 78.9 Å². The lowest BCUT2D eigenvalue weighted by atomic mass is 10.1. The highest BCUT2D eigenvalue weighted by atomic mass is 127. The van der Waals surface area contributed by atoms with Crippen LogP contribution < -0.4 is 31.5 Å². The molecule has 0 unspecified atom stereocenters. The summed E-state index contributed by atoms with van der Waals surface area (Å²) < 4.78 is 4.89. The van der Waals surface area contributed by atoms with Crippen molar-refractivity contribution in [2.24, 2.45) is 0 Å². The minimum atomic E-state index is -0.422. The van der Waals surface area contributed by atoms with E-state index in [1.165, 1.54) is 4.90 Å². The van der Waals surface area contributed by atoms with Crippen molar-refractivity contribution in [1.82, 2.24) is 45.3 Å². The second-order valence-corrected chi connectivity index (χ2v) is 30.0. The van der Waals surface area contributed by atoms with E-state index in [9.17, 15) is 43.2 Å². The Labute approximate surface area is 711 Å². The quantitative estimate of drug-likeness (QED) is 0.0275. The highest BCUT2D eigenvalue weighted by Crippen LogP contribution is 2.41. The van der Waals surface area contributed by atoms with Crippen molar-refractivity contribution in [2.45, 2.75) is 20.8 Å². The minimum absolute atomic E-state index is 0.274. The first-order valence-electron chi connectivity index (χ1n) is 30.3. The van der Waals surface area contributed by atoms with E-state index in [2.05, 4.69) is 173 Å². The standard InChI is InChI=1S/C24H29I3N4O3.2C23H27I3N4O3/c1-7-12-30(13-8-2)22(32)16-18(25)17(23(33)31(14-9-3)15-10-4)20(27)21(19(16)26)29(6)24(34)28-11-5;2*1-6-11-29(12-7-2)21(31)15-17(24)16(22(32)30(13-8-3)14-9-4)19(26)20(18(15)25)28-23(33)27-10-5/h7-10H,1-4,11-15H2,5-6H3,(H,28,34);2*6-9H,1-4,10-14H2,5H3,(H2,27,28,33). The Balaban J connectivity index is 0.000000750. The number of nitrogens with zero attached hydrogens (tertiary/aromatic N) is 7. The van der Waals surface area contributed by atoms with Gasteiger partial charge in [0.25, 0.3) is 35.4 Å². The van der Waals surface area contributed by atoms with E-state index in [0.29, 0.717) is 181 Å². The van der Waals surface area contributed by atoms with Crippen LogP contribution in [0.2, 0.25) is 0 Å². The minimum Gasteiger partial charge on any atom is -0.338 e. The molecule has 3 aromatic carbocycles. The van der Waals surface area contributed by atoms with Crippen LogP contribution in [-0.4, -0.2) is 188 Å². The number of nitrogens with one attached hydrogen (secondary N) is 5. The summed E-state index contributed by atoms with van der Waals surface area (Å²) in [6.07, 6.45) is 19.6. The maximum Gasteiger partial charge on any atom is 0.321 e. The van der Waals surface area contributed by atoms with Gasteiger partial charge in [0.05, 0.1) is 71.9 Å². The number of urea groups is 3. The number of hydrogen-bond acceptors (Lipinski definition) is 9. The molecule has 3 aromatic rings. The molecule has 540 valence electrons. The lowest BCUT2D eigenvalue weighted by molar-refractivity contribution is 0.0771. The lowest BCUT2D eigenvalue weighted by Gasteiger charge is -2.29. The molecule has 0 saturated heterocycles. The van der Waals surface area contributed by atoms with E-state index in [1.54, 1.807) is 123 Å². The van der Waals surface area contributed by atoms with E-state index < -0.39 is 12.1 Å². The summed E-state index contributed by atoms with van der Waals surface area (Å²) in [5.41, 5.74) is 3.38. The van der Waals surface area contributed by atoms with Gasteiger partial charge in [0.1, 0.15) is 0 Å². The van der Waals surface area contributed by atoms with Gasteiger partial charge in [-0.05, 0) is 224 Å². The number of rotatable bonds is 36. The van der Waals surface area contributed by atoms with Crippen molar-refractivity contribution in [3.05, 3.63) is 217 Å². The van der Waals surface area contributed by atoms with E-state index in [-0.39, 0.29) is 41.5 Å². The molecular weight excluding hydrogens is 2290 g/mol. The fourth-order valence-electron chi connectivity index (χ4n) is 8.89. The van der Waals surface area contributed by atoms with Gasteiger partial charge in [-0.2, -0.15) is 0 Å². The maximum absolute atomic E-state index is 13.7. The molecular formula is C70H83I9N12O9. The van der Waals surface area contributed by atoms with Crippen molar-refractivity contribution in [3.8, 4) is 0 Å². The molecule has 0 aliphatic carbocycles. The highest BCUT2D eigenvalue weighted by molar-refractivity contribution is 14.1. The fourth-order valence-corrected chi connectivity index (χ4v) is 22.4. The van der Waals surface area contributed by atoms with Crippen LogP contribution in [0.4, 0.5) is 31.4 Å². The van der Waals surface area contributed by atoms with E-state index in [4.69, 9.17) is 0 Å². The smallest absolute Gasteiger partial charge is 0.321 e. The molecule has 0 heterocycles. The van der Waals surface area contributed by atoms with Crippen molar-refractivity contribution in [1.29, 1.82) is 0 Å². The zero-order valence-corrected chi connectivity index (χ0v) is 75.6. The average Bonchev–Trinajstić information content (AvgIpc) is 0.771. The first-order chi connectivity index (χ1) is 47.5. The van der Waals surface area contributed by atoms with Crippen LogP contribution in [-0.2, 0) is 0 Å². The summed E-state index contributed by atoms with van der Waals surface area (Å²) in [5.74, 6) is -1.69. The van der Waals surface area contributed by atoms with Crippen LogP contribution in [0.3, 0.4) is 0 Å². The summed E-state index contributed by atoms with van der Waals surface area (Å²) in [6, 6.07) is -1.18. The summed E-state index contributed by atoms with van der Waals surface area (Å²) in [7, 11) is 1.62. The monoisotopic (exact) mass is 2380 g/mol. The second-order valence-electron chi connectivity index (χ2n) is 20.3. The van der Waals surface area contributed by atoms with Crippen LogP contribution >= 0.6 is 203 Å². The van der Waals surface area contributed by atoms with Gasteiger partial charge < -0.3 is 56.0 Å². The summed E-state index contributed by atoms with van der Waals surface area (Å²) in [4.78, 5) is 130. The molecule has 12 amide bonds. The van der Waals surface area contributed by atoms with Crippen LogP contribution in [0.1, 0.15) is 82.9 Å². The molecule has 0 aromatic heterocycles. The predicted octanol–water partition coefficient (Wildman–Crippen LogP) is 15.8. The lowest BCUT2D eigenvalue weighted by Crippen LogP contribution is -2.40. The Morgan fingerprint density at radius 1 is 0.290 bits per heavy atom. The summed E-state index contributed by atoms with van der Waals surface area (Å²) in [6.45, 7) is 55.3. The predicted molar refractivity (Wildman–Crippen MR) is 484 cm³/mol. The maximum atomic E-state index is 13.7. The zero-order valence-electron chi connectivity index (χ0n) is 56.2. The third-order valence-electron chi connectivity index (χ3n) is 13.2. The number of amides is 12. The Morgan fingerprint density at radius 3 is 0.620 bits per heavy atom. The van der Waals surface area contributed by atoms with Crippen LogP contribution in [0.15, 0.2) is 152 Å². The van der Waals surface area contributed by atoms with Crippen LogP contribution in [0, 0.1) is 32.1 Å². The Hall–Kier alpha value is -4.26. The normalized spacial score (nSPS) is 10.1. The van der Waals surface area contributed by atoms with Gasteiger partial charge in [0.15, 0.2) is 0 Å². The van der Waals surface area contributed by atoms with Gasteiger partial charge in [0.2, 0.25) is 0 Å². The van der Waals surface area contributed by atoms with Gasteiger partial charge in [-0.25, -0.2) is 14.4 Å². The number of anilines is 3. The van der Waals surface area contributed by atoms with Crippen molar-refractivity contribution >= 4 is 274 Å². The first kappa shape index (κ1) is 93.8. The molecule has 3 rings (SSSR count). The third-order valence-corrected chi connectivity index (χ3v) is 22.9. The number of hydrogen-bond donors (Lipinski definition) is 5. The third kappa shape index (κ3) is 25.8. The molecule has 5 N–H and O–H groups in total. The van der Waals surface area contributed by atoms with Gasteiger partial charge in [-0.1, -0.05) is 72.9 Å². The number of benzene rings is 3.